The monoisotopic (exact) mass is 282 g/mol. The molecule has 1 atom stereocenters. The van der Waals surface area contributed by atoms with Gasteiger partial charge < -0.3 is 19.8 Å². The molecule has 1 aliphatic rings. The fraction of sp³-hybridized carbons (Fsp3) is 0.692. The van der Waals surface area contributed by atoms with Gasteiger partial charge >= 0.3 is 0 Å². The molecule has 0 saturated carbocycles. The van der Waals surface area contributed by atoms with E-state index in [2.05, 4.69) is 20.6 Å². The highest BCUT2D eigenvalue weighted by atomic mass is 16.7. The summed E-state index contributed by atoms with van der Waals surface area (Å²) >= 11 is 0. The molecule has 7 nitrogen and oxygen atoms in total. The summed E-state index contributed by atoms with van der Waals surface area (Å²) in [6.45, 7) is 5.89. The van der Waals surface area contributed by atoms with Gasteiger partial charge in [-0.25, -0.2) is 4.98 Å². The molecule has 1 aromatic rings. The number of carbonyl (C=O) groups excluding carboxylic acids is 1. The molecular weight excluding hydrogens is 260 g/mol. The molecule has 0 radical (unpaired) electrons. The Labute approximate surface area is 118 Å². The summed E-state index contributed by atoms with van der Waals surface area (Å²) in [6, 6.07) is -0.255. The zero-order chi connectivity index (χ0) is 14.4. The van der Waals surface area contributed by atoms with Crippen LogP contribution in [0.3, 0.4) is 0 Å². The second-order valence-corrected chi connectivity index (χ2v) is 4.55. The van der Waals surface area contributed by atoms with Gasteiger partial charge in [-0.15, -0.1) is 0 Å². The molecule has 1 aliphatic heterocycles. The minimum atomic E-state index is -0.390. The molecule has 0 bridgehead atoms. The van der Waals surface area contributed by atoms with Gasteiger partial charge in [0, 0.05) is 26.2 Å². The number of H-pyrrole nitrogens is 1. The Morgan fingerprint density at radius 2 is 2.25 bits per heavy atom. The van der Waals surface area contributed by atoms with E-state index in [4.69, 9.17) is 9.47 Å². The van der Waals surface area contributed by atoms with Crippen molar-refractivity contribution in [2.75, 3.05) is 19.8 Å². The maximum absolute atomic E-state index is 12.1. The number of nitrogens with zero attached hydrogens (tertiary/aromatic N) is 1. The molecule has 1 unspecified atom stereocenters. The molecule has 0 spiro atoms. The van der Waals surface area contributed by atoms with Crippen LogP contribution in [0.4, 0.5) is 0 Å². The Balaban J connectivity index is 1.80. The number of amides is 1. The van der Waals surface area contributed by atoms with Gasteiger partial charge in [0.15, 0.2) is 6.29 Å². The Morgan fingerprint density at radius 1 is 1.50 bits per heavy atom. The Bertz CT molecular complexity index is 429. The van der Waals surface area contributed by atoms with E-state index in [1.165, 1.54) is 0 Å². The standard InChI is InChI=1S/C13H22N4O3/c1-3-19-12(20-4-2)7-15-13(18)10-5-9-11(6-14-10)17-8-16-9/h8,10,12,14H,3-7H2,1-2H3,(H,15,18)(H,16,17). The van der Waals surface area contributed by atoms with Crippen LogP contribution in [0.5, 0.6) is 0 Å². The molecule has 7 heteroatoms. The third-order valence-corrected chi connectivity index (χ3v) is 3.19. The number of hydrogen-bond acceptors (Lipinski definition) is 5. The highest BCUT2D eigenvalue weighted by molar-refractivity contribution is 5.82. The summed E-state index contributed by atoms with van der Waals surface area (Å²) in [6.07, 6.45) is 1.87. The van der Waals surface area contributed by atoms with Gasteiger partial charge in [0.1, 0.15) is 0 Å². The molecule has 20 heavy (non-hydrogen) atoms. The molecule has 112 valence electrons. The van der Waals surface area contributed by atoms with E-state index >= 15 is 0 Å². The zero-order valence-corrected chi connectivity index (χ0v) is 11.9. The van der Waals surface area contributed by atoms with Crippen LogP contribution in [-0.4, -0.2) is 48.0 Å². The van der Waals surface area contributed by atoms with Gasteiger partial charge in [0.2, 0.25) is 5.91 Å². The Hall–Kier alpha value is -1.44. The fourth-order valence-corrected chi connectivity index (χ4v) is 2.20. The molecule has 0 saturated heterocycles. The highest BCUT2D eigenvalue weighted by Crippen LogP contribution is 2.12. The van der Waals surface area contributed by atoms with Crippen molar-refractivity contribution in [3.63, 3.8) is 0 Å². The van der Waals surface area contributed by atoms with Crippen LogP contribution < -0.4 is 10.6 Å². The van der Waals surface area contributed by atoms with Crippen molar-refractivity contribution in [3.8, 4) is 0 Å². The van der Waals surface area contributed by atoms with E-state index in [0.29, 0.717) is 32.7 Å². The van der Waals surface area contributed by atoms with Crippen LogP contribution >= 0.6 is 0 Å². The molecule has 2 heterocycles. The number of imidazole rings is 1. The lowest BCUT2D eigenvalue weighted by atomic mass is 10.0. The maximum atomic E-state index is 12.1. The van der Waals surface area contributed by atoms with Crippen LogP contribution in [0, 0.1) is 0 Å². The second-order valence-electron chi connectivity index (χ2n) is 4.55. The van der Waals surface area contributed by atoms with E-state index in [1.54, 1.807) is 6.33 Å². The smallest absolute Gasteiger partial charge is 0.237 e. The number of hydrogen-bond donors (Lipinski definition) is 3. The summed E-state index contributed by atoms with van der Waals surface area (Å²) < 4.78 is 10.8. The fourth-order valence-electron chi connectivity index (χ4n) is 2.20. The third-order valence-electron chi connectivity index (χ3n) is 3.19. The summed E-state index contributed by atoms with van der Waals surface area (Å²) in [7, 11) is 0. The number of aromatic nitrogens is 2. The number of carbonyl (C=O) groups is 1. The first kappa shape index (κ1) is 15.0. The molecule has 2 rings (SSSR count). The summed E-state index contributed by atoms with van der Waals surface area (Å²) in [4.78, 5) is 19.4. The van der Waals surface area contributed by atoms with E-state index < -0.39 is 6.29 Å². The molecule has 0 fully saturated rings. The zero-order valence-electron chi connectivity index (χ0n) is 11.9. The van der Waals surface area contributed by atoms with Gasteiger partial charge in [-0.1, -0.05) is 0 Å². The van der Waals surface area contributed by atoms with Crippen LogP contribution in [0.15, 0.2) is 6.33 Å². The average molecular weight is 282 g/mol. The van der Waals surface area contributed by atoms with Crippen molar-refractivity contribution in [1.29, 1.82) is 0 Å². The normalized spacial score (nSPS) is 18.1. The topological polar surface area (TPSA) is 88.3 Å². The molecule has 0 aromatic carbocycles. The highest BCUT2D eigenvalue weighted by Gasteiger charge is 2.26. The SMILES string of the molecule is CCOC(CNC(=O)C1Cc2nc[nH]c2CN1)OCC. The molecule has 1 aromatic heterocycles. The van der Waals surface area contributed by atoms with Crippen molar-refractivity contribution >= 4 is 5.91 Å². The summed E-state index contributed by atoms with van der Waals surface area (Å²) in [5.41, 5.74) is 2.01. The molecule has 1 amide bonds. The predicted molar refractivity (Wildman–Crippen MR) is 73.0 cm³/mol. The van der Waals surface area contributed by atoms with Crippen LogP contribution in [0.2, 0.25) is 0 Å². The lowest BCUT2D eigenvalue weighted by Crippen LogP contribution is -2.49. The van der Waals surface area contributed by atoms with E-state index in [-0.39, 0.29) is 11.9 Å². The maximum Gasteiger partial charge on any atom is 0.237 e. The first-order chi connectivity index (χ1) is 9.74. The minimum Gasteiger partial charge on any atom is -0.351 e. The van der Waals surface area contributed by atoms with Crippen molar-refractivity contribution < 1.29 is 14.3 Å². The van der Waals surface area contributed by atoms with Crippen molar-refractivity contribution in [2.45, 2.75) is 39.1 Å². The van der Waals surface area contributed by atoms with Gasteiger partial charge in [-0.3, -0.25) is 10.1 Å². The first-order valence-electron chi connectivity index (χ1n) is 7.00. The molecular formula is C13H22N4O3. The first-order valence-corrected chi connectivity index (χ1v) is 7.00. The van der Waals surface area contributed by atoms with Crippen LogP contribution in [-0.2, 0) is 27.2 Å². The largest absolute Gasteiger partial charge is 0.351 e. The number of fused-ring (bicyclic) bond motifs is 1. The number of rotatable bonds is 7. The van der Waals surface area contributed by atoms with Crippen LogP contribution in [0.25, 0.3) is 0 Å². The average Bonchev–Trinajstić information content (AvgIpc) is 2.92. The Morgan fingerprint density at radius 3 is 2.95 bits per heavy atom. The lowest BCUT2D eigenvalue weighted by Gasteiger charge is -2.24. The predicted octanol–water partition coefficient (Wildman–Crippen LogP) is -0.0607. The van der Waals surface area contributed by atoms with Gasteiger partial charge in [-0.2, -0.15) is 0 Å². The van der Waals surface area contributed by atoms with E-state index in [1.807, 2.05) is 13.8 Å². The summed E-state index contributed by atoms with van der Waals surface area (Å²) in [5, 5.41) is 6.04. The number of ether oxygens (including phenoxy) is 2. The number of nitrogens with one attached hydrogen (secondary N) is 3. The molecule has 3 N–H and O–H groups in total. The van der Waals surface area contributed by atoms with Crippen LogP contribution in [0.1, 0.15) is 25.2 Å². The number of aromatic amines is 1. The molecule has 0 aliphatic carbocycles. The van der Waals surface area contributed by atoms with Crippen molar-refractivity contribution in [2.24, 2.45) is 0 Å². The quantitative estimate of drug-likeness (QED) is 0.610. The van der Waals surface area contributed by atoms with E-state index in [0.717, 1.165) is 11.4 Å². The van der Waals surface area contributed by atoms with Gasteiger partial charge in [0.05, 0.1) is 30.3 Å². The van der Waals surface area contributed by atoms with Gasteiger partial charge in [-0.05, 0) is 13.8 Å². The lowest BCUT2D eigenvalue weighted by molar-refractivity contribution is -0.141. The second kappa shape index (κ2) is 7.37. The minimum absolute atomic E-state index is 0.0527. The van der Waals surface area contributed by atoms with E-state index in [9.17, 15) is 4.79 Å². The Kier molecular flexibility index (Phi) is 5.51. The van der Waals surface area contributed by atoms with Crippen molar-refractivity contribution in [1.82, 2.24) is 20.6 Å². The van der Waals surface area contributed by atoms with Crippen molar-refractivity contribution in [3.05, 3.63) is 17.7 Å². The van der Waals surface area contributed by atoms with Gasteiger partial charge in [0.25, 0.3) is 0 Å². The third kappa shape index (κ3) is 3.78. The summed E-state index contributed by atoms with van der Waals surface area (Å²) in [5.74, 6) is -0.0527.